The van der Waals surface area contributed by atoms with Crippen molar-refractivity contribution in [1.82, 2.24) is 0 Å². The number of anilines is 1. The summed E-state index contributed by atoms with van der Waals surface area (Å²) in [5, 5.41) is 3.75. The Labute approximate surface area is 124 Å². The maximum absolute atomic E-state index is 6.11. The van der Waals surface area contributed by atoms with Crippen LogP contribution >= 0.6 is 11.8 Å². The lowest BCUT2D eigenvalue weighted by molar-refractivity contribution is -0.154. The molecule has 0 saturated carbocycles. The summed E-state index contributed by atoms with van der Waals surface area (Å²) in [5.41, 5.74) is 3.80. The molecule has 3 aliphatic heterocycles. The van der Waals surface area contributed by atoms with Crippen molar-refractivity contribution in [2.75, 3.05) is 30.0 Å². The minimum atomic E-state index is 0.107. The van der Waals surface area contributed by atoms with Gasteiger partial charge in [0.2, 0.25) is 0 Å². The smallest absolute Gasteiger partial charge is 0.113 e. The Morgan fingerprint density at radius 2 is 2.15 bits per heavy atom. The predicted octanol–water partition coefficient (Wildman–Crippen LogP) is 3.00. The fraction of sp³-hybridized carbons (Fsp3) is 0.625. The van der Waals surface area contributed by atoms with Gasteiger partial charge in [-0.1, -0.05) is 17.7 Å². The van der Waals surface area contributed by atoms with E-state index in [0.29, 0.717) is 18.6 Å². The summed E-state index contributed by atoms with van der Waals surface area (Å²) < 4.78 is 12.2. The normalized spacial score (nSPS) is 36.0. The zero-order valence-corrected chi connectivity index (χ0v) is 12.6. The molecule has 3 aliphatic rings. The number of nitrogens with one attached hydrogen (secondary N) is 1. The van der Waals surface area contributed by atoms with Gasteiger partial charge in [-0.15, -0.1) is 0 Å². The highest BCUT2D eigenvalue weighted by Gasteiger charge is 2.44. The monoisotopic (exact) mass is 291 g/mol. The van der Waals surface area contributed by atoms with E-state index in [1.54, 1.807) is 0 Å². The number of aryl methyl sites for hydroxylation is 1. The minimum absolute atomic E-state index is 0.107. The lowest BCUT2D eigenvalue weighted by Crippen LogP contribution is -2.51. The highest BCUT2D eigenvalue weighted by atomic mass is 32.2. The highest BCUT2D eigenvalue weighted by Crippen LogP contribution is 2.43. The summed E-state index contributed by atoms with van der Waals surface area (Å²) in [6.07, 6.45) is 1.56. The van der Waals surface area contributed by atoms with E-state index >= 15 is 0 Å². The topological polar surface area (TPSA) is 30.5 Å². The molecule has 1 unspecified atom stereocenters. The van der Waals surface area contributed by atoms with Gasteiger partial charge in [0.05, 0.1) is 19.3 Å². The summed E-state index contributed by atoms with van der Waals surface area (Å²) in [4.78, 5) is 0. The van der Waals surface area contributed by atoms with Crippen molar-refractivity contribution in [2.45, 2.75) is 31.6 Å². The van der Waals surface area contributed by atoms with Crippen molar-refractivity contribution in [3.63, 3.8) is 0 Å². The molecule has 4 atom stereocenters. The third kappa shape index (κ3) is 2.14. The fourth-order valence-electron chi connectivity index (χ4n) is 3.63. The summed E-state index contributed by atoms with van der Waals surface area (Å²) in [6.45, 7) is 3.57. The summed E-state index contributed by atoms with van der Waals surface area (Å²) in [6, 6.07) is 7.02. The minimum Gasteiger partial charge on any atom is -0.379 e. The van der Waals surface area contributed by atoms with E-state index < -0.39 is 0 Å². The molecule has 3 nitrogen and oxygen atoms in total. The molecule has 0 aliphatic carbocycles. The first kappa shape index (κ1) is 13.0. The number of benzene rings is 1. The number of fused-ring (bicyclic) bond motifs is 3. The van der Waals surface area contributed by atoms with Crippen molar-refractivity contribution in [2.24, 2.45) is 5.92 Å². The zero-order chi connectivity index (χ0) is 13.5. The van der Waals surface area contributed by atoms with Gasteiger partial charge in [-0.25, -0.2) is 0 Å². The number of ether oxygens (including phenoxy) is 2. The van der Waals surface area contributed by atoms with Gasteiger partial charge >= 0.3 is 0 Å². The molecule has 20 heavy (non-hydrogen) atoms. The molecule has 108 valence electrons. The van der Waals surface area contributed by atoms with Crippen LogP contribution in [0, 0.1) is 12.8 Å². The molecule has 1 N–H and O–H groups in total. The van der Waals surface area contributed by atoms with E-state index in [0.717, 1.165) is 6.61 Å². The Hall–Kier alpha value is -0.710. The molecule has 2 saturated heterocycles. The van der Waals surface area contributed by atoms with Gasteiger partial charge in [0, 0.05) is 11.3 Å². The van der Waals surface area contributed by atoms with Crippen molar-refractivity contribution in [1.29, 1.82) is 0 Å². The quantitative estimate of drug-likeness (QED) is 0.861. The van der Waals surface area contributed by atoms with Gasteiger partial charge in [0.1, 0.15) is 12.2 Å². The first-order valence-electron chi connectivity index (χ1n) is 7.51. The maximum atomic E-state index is 6.11. The van der Waals surface area contributed by atoms with Crippen LogP contribution in [-0.4, -0.2) is 36.9 Å². The fourth-order valence-corrected chi connectivity index (χ4v) is 4.95. The standard InChI is InChI=1S/C16H21NO2S/c1-10-2-3-13-12(8-10)15-16(19-6-5-18-15)14(17-13)11-4-7-20-9-11/h2-3,8,11,14-17H,4-7,9H2,1H3/t11?,14-,15+,16-/m0/s1. The van der Waals surface area contributed by atoms with Crippen molar-refractivity contribution < 1.29 is 9.47 Å². The third-order valence-corrected chi connectivity index (χ3v) is 5.84. The van der Waals surface area contributed by atoms with E-state index in [1.165, 1.54) is 34.7 Å². The Kier molecular flexibility index (Phi) is 3.41. The van der Waals surface area contributed by atoms with Gasteiger partial charge in [-0.05, 0) is 36.8 Å². The van der Waals surface area contributed by atoms with Gasteiger partial charge in [0.25, 0.3) is 0 Å². The molecule has 3 heterocycles. The predicted molar refractivity (Wildman–Crippen MR) is 82.5 cm³/mol. The SMILES string of the molecule is Cc1ccc2c(c1)[C@H]1OCCO[C@H]1[C@H](C1CCSC1)N2. The second-order valence-corrected chi connectivity index (χ2v) is 7.16. The van der Waals surface area contributed by atoms with Crippen LogP contribution in [0.3, 0.4) is 0 Å². The Morgan fingerprint density at radius 1 is 1.25 bits per heavy atom. The molecule has 0 aromatic heterocycles. The molecule has 0 spiro atoms. The summed E-state index contributed by atoms with van der Waals surface area (Å²) in [7, 11) is 0. The van der Waals surface area contributed by atoms with E-state index in [9.17, 15) is 0 Å². The van der Waals surface area contributed by atoms with Crippen LogP contribution in [0.5, 0.6) is 0 Å². The Bertz CT molecular complexity index is 501. The molecule has 0 amide bonds. The average molecular weight is 291 g/mol. The first-order chi connectivity index (χ1) is 9.83. The highest BCUT2D eigenvalue weighted by molar-refractivity contribution is 7.99. The molecular weight excluding hydrogens is 270 g/mol. The molecule has 4 heteroatoms. The number of thioether (sulfide) groups is 1. The first-order valence-corrected chi connectivity index (χ1v) is 8.66. The molecule has 1 aromatic rings. The molecule has 4 rings (SSSR count). The molecule has 2 fully saturated rings. The van der Waals surface area contributed by atoms with E-state index in [4.69, 9.17) is 9.47 Å². The van der Waals surface area contributed by atoms with Crippen LogP contribution < -0.4 is 5.32 Å². The average Bonchev–Trinajstić information content (AvgIpc) is 3.01. The maximum Gasteiger partial charge on any atom is 0.113 e. The lowest BCUT2D eigenvalue weighted by atomic mass is 9.84. The number of rotatable bonds is 1. The van der Waals surface area contributed by atoms with Crippen molar-refractivity contribution in [3.05, 3.63) is 29.3 Å². The lowest BCUT2D eigenvalue weighted by Gasteiger charge is -2.45. The van der Waals surface area contributed by atoms with Crippen LogP contribution in [0.25, 0.3) is 0 Å². The van der Waals surface area contributed by atoms with Crippen molar-refractivity contribution >= 4 is 17.4 Å². The molecule has 1 aromatic carbocycles. The molecular formula is C16H21NO2S. The Balaban J connectivity index is 1.71. The van der Waals surface area contributed by atoms with E-state index in [-0.39, 0.29) is 12.2 Å². The van der Waals surface area contributed by atoms with Gasteiger partial charge in [-0.2, -0.15) is 11.8 Å². The van der Waals surface area contributed by atoms with E-state index in [2.05, 4.69) is 42.2 Å². The van der Waals surface area contributed by atoms with Crippen LogP contribution in [0.4, 0.5) is 5.69 Å². The zero-order valence-electron chi connectivity index (χ0n) is 11.8. The number of hydrogen-bond acceptors (Lipinski definition) is 4. The summed E-state index contributed by atoms with van der Waals surface area (Å²) >= 11 is 2.06. The largest absolute Gasteiger partial charge is 0.379 e. The van der Waals surface area contributed by atoms with Gasteiger partial charge in [0.15, 0.2) is 0 Å². The van der Waals surface area contributed by atoms with E-state index in [1.807, 2.05) is 0 Å². The van der Waals surface area contributed by atoms with Crippen molar-refractivity contribution in [3.8, 4) is 0 Å². The van der Waals surface area contributed by atoms with Gasteiger partial charge in [-0.3, -0.25) is 0 Å². The number of hydrogen-bond donors (Lipinski definition) is 1. The Morgan fingerprint density at radius 3 is 3.00 bits per heavy atom. The second-order valence-electron chi connectivity index (χ2n) is 6.01. The van der Waals surface area contributed by atoms with Crippen LogP contribution in [-0.2, 0) is 9.47 Å². The van der Waals surface area contributed by atoms with Crippen LogP contribution in [0.2, 0.25) is 0 Å². The second kappa shape index (κ2) is 5.24. The van der Waals surface area contributed by atoms with Gasteiger partial charge < -0.3 is 14.8 Å². The third-order valence-electron chi connectivity index (χ3n) is 4.65. The van der Waals surface area contributed by atoms with Crippen LogP contribution in [0.1, 0.15) is 23.7 Å². The van der Waals surface area contributed by atoms with Crippen LogP contribution in [0.15, 0.2) is 18.2 Å². The molecule has 0 radical (unpaired) electrons. The summed E-state index contributed by atoms with van der Waals surface area (Å²) in [5.74, 6) is 3.22. The molecule has 0 bridgehead atoms.